The summed E-state index contributed by atoms with van der Waals surface area (Å²) < 4.78 is 10.6. The van der Waals surface area contributed by atoms with Gasteiger partial charge in [0.15, 0.2) is 0 Å². The van der Waals surface area contributed by atoms with Crippen molar-refractivity contribution in [3.05, 3.63) is 29.3 Å². The summed E-state index contributed by atoms with van der Waals surface area (Å²) in [6, 6.07) is 6.38. The van der Waals surface area contributed by atoms with E-state index in [1.54, 1.807) is 7.11 Å². The minimum atomic E-state index is 0.190. The Balaban J connectivity index is 2.76. The fourth-order valence-electron chi connectivity index (χ4n) is 1.51. The molecule has 1 aromatic rings. The highest BCUT2D eigenvalue weighted by molar-refractivity contribution is 5.38. The summed E-state index contributed by atoms with van der Waals surface area (Å²) in [6.07, 6.45) is 0. The van der Waals surface area contributed by atoms with Crippen molar-refractivity contribution < 1.29 is 9.47 Å². The Morgan fingerprint density at radius 3 is 2.31 bits per heavy atom. The van der Waals surface area contributed by atoms with Gasteiger partial charge in [-0.1, -0.05) is 32.9 Å². The molecule has 0 aliphatic carbocycles. The molecule has 0 saturated heterocycles. The molecule has 16 heavy (non-hydrogen) atoms. The van der Waals surface area contributed by atoms with Crippen LogP contribution in [0.1, 0.15) is 31.9 Å². The van der Waals surface area contributed by atoms with Gasteiger partial charge in [-0.3, -0.25) is 0 Å². The number of hydrogen-bond acceptors (Lipinski definition) is 2. The predicted octanol–water partition coefficient (Wildman–Crippen LogP) is 3.32. The first kappa shape index (κ1) is 13.0. The quantitative estimate of drug-likeness (QED) is 0.728. The summed E-state index contributed by atoms with van der Waals surface area (Å²) in [5.74, 6) is 0.949. The van der Waals surface area contributed by atoms with Gasteiger partial charge in [0.1, 0.15) is 12.4 Å². The Kier molecular flexibility index (Phi) is 4.36. The van der Waals surface area contributed by atoms with E-state index in [9.17, 15) is 0 Å². The van der Waals surface area contributed by atoms with Crippen LogP contribution in [0.25, 0.3) is 0 Å². The van der Waals surface area contributed by atoms with Crippen molar-refractivity contribution in [3.8, 4) is 5.75 Å². The van der Waals surface area contributed by atoms with Gasteiger partial charge in [-0.2, -0.15) is 0 Å². The van der Waals surface area contributed by atoms with Crippen LogP contribution in [0, 0.1) is 6.92 Å². The van der Waals surface area contributed by atoms with Crippen molar-refractivity contribution in [3.63, 3.8) is 0 Å². The van der Waals surface area contributed by atoms with E-state index in [0.717, 1.165) is 5.75 Å². The van der Waals surface area contributed by atoms with Gasteiger partial charge in [0.2, 0.25) is 0 Å². The van der Waals surface area contributed by atoms with Gasteiger partial charge in [-0.05, 0) is 29.5 Å². The second-order valence-electron chi connectivity index (χ2n) is 5.07. The topological polar surface area (TPSA) is 18.5 Å². The largest absolute Gasteiger partial charge is 0.491 e. The lowest BCUT2D eigenvalue weighted by Crippen LogP contribution is -2.12. The molecule has 0 aliphatic heterocycles. The Morgan fingerprint density at radius 2 is 1.81 bits per heavy atom. The molecule has 0 spiro atoms. The molecule has 0 unspecified atom stereocenters. The summed E-state index contributed by atoms with van der Waals surface area (Å²) in [5.41, 5.74) is 2.71. The Bertz CT molecular complexity index is 337. The minimum Gasteiger partial charge on any atom is -0.491 e. The van der Waals surface area contributed by atoms with Crippen LogP contribution < -0.4 is 4.74 Å². The molecule has 0 bridgehead atoms. The standard InChI is InChI=1S/C14H22O2/c1-11-10-12(14(2,3)4)6-7-13(11)16-9-8-15-5/h6-7,10H,8-9H2,1-5H3. The number of benzene rings is 1. The lowest BCUT2D eigenvalue weighted by Gasteiger charge is -2.20. The zero-order chi connectivity index (χ0) is 12.2. The highest BCUT2D eigenvalue weighted by Crippen LogP contribution is 2.27. The smallest absolute Gasteiger partial charge is 0.122 e. The summed E-state index contributed by atoms with van der Waals surface area (Å²) in [5, 5.41) is 0. The van der Waals surface area contributed by atoms with Gasteiger partial charge in [0.25, 0.3) is 0 Å². The molecule has 0 N–H and O–H groups in total. The maximum absolute atomic E-state index is 5.62. The van der Waals surface area contributed by atoms with Crippen LogP contribution >= 0.6 is 0 Å². The number of rotatable bonds is 4. The van der Waals surface area contributed by atoms with E-state index in [2.05, 4.69) is 39.8 Å². The molecule has 0 heterocycles. The molecule has 0 amide bonds. The van der Waals surface area contributed by atoms with Crippen LogP contribution in [-0.2, 0) is 10.2 Å². The molecule has 2 heteroatoms. The molecular weight excluding hydrogens is 200 g/mol. The fraction of sp³-hybridized carbons (Fsp3) is 0.571. The van der Waals surface area contributed by atoms with Gasteiger partial charge in [-0.25, -0.2) is 0 Å². The summed E-state index contributed by atoms with van der Waals surface area (Å²) in [6.45, 7) is 9.96. The third-order valence-corrected chi connectivity index (χ3v) is 2.59. The Morgan fingerprint density at radius 1 is 1.12 bits per heavy atom. The van der Waals surface area contributed by atoms with Crippen molar-refractivity contribution >= 4 is 0 Å². The van der Waals surface area contributed by atoms with Crippen molar-refractivity contribution in [1.82, 2.24) is 0 Å². The predicted molar refractivity (Wildman–Crippen MR) is 67.3 cm³/mol. The third kappa shape index (κ3) is 3.53. The molecule has 0 atom stereocenters. The highest BCUT2D eigenvalue weighted by Gasteiger charge is 2.14. The van der Waals surface area contributed by atoms with Gasteiger partial charge in [-0.15, -0.1) is 0 Å². The van der Waals surface area contributed by atoms with Crippen LogP contribution in [0.4, 0.5) is 0 Å². The van der Waals surface area contributed by atoms with Crippen LogP contribution in [0.5, 0.6) is 5.75 Å². The number of aryl methyl sites for hydroxylation is 1. The fourth-order valence-corrected chi connectivity index (χ4v) is 1.51. The number of methoxy groups -OCH3 is 1. The molecule has 0 fully saturated rings. The lowest BCUT2D eigenvalue weighted by molar-refractivity contribution is 0.146. The zero-order valence-corrected chi connectivity index (χ0v) is 11.0. The Labute approximate surface area is 98.6 Å². The average molecular weight is 222 g/mol. The van der Waals surface area contributed by atoms with E-state index in [1.807, 2.05) is 6.07 Å². The van der Waals surface area contributed by atoms with Crippen LogP contribution in [0.2, 0.25) is 0 Å². The van der Waals surface area contributed by atoms with Crippen molar-refractivity contribution in [1.29, 1.82) is 0 Å². The molecule has 0 radical (unpaired) electrons. The average Bonchev–Trinajstić information content (AvgIpc) is 2.19. The zero-order valence-electron chi connectivity index (χ0n) is 11.0. The molecule has 2 nitrogen and oxygen atoms in total. The molecule has 0 aromatic heterocycles. The van der Waals surface area contributed by atoms with Crippen molar-refractivity contribution in [2.75, 3.05) is 20.3 Å². The first-order valence-electron chi connectivity index (χ1n) is 5.68. The van der Waals surface area contributed by atoms with E-state index in [0.29, 0.717) is 13.2 Å². The molecule has 1 aromatic carbocycles. The van der Waals surface area contributed by atoms with Gasteiger partial charge >= 0.3 is 0 Å². The maximum atomic E-state index is 5.62. The molecular formula is C14H22O2. The molecule has 1 rings (SSSR count). The van der Waals surface area contributed by atoms with Crippen molar-refractivity contribution in [2.24, 2.45) is 0 Å². The molecule has 0 saturated carbocycles. The first-order chi connectivity index (χ1) is 7.45. The van der Waals surface area contributed by atoms with Gasteiger partial charge < -0.3 is 9.47 Å². The molecule has 0 aliphatic rings. The van der Waals surface area contributed by atoms with E-state index >= 15 is 0 Å². The third-order valence-electron chi connectivity index (χ3n) is 2.59. The van der Waals surface area contributed by atoms with Gasteiger partial charge in [0, 0.05) is 7.11 Å². The summed E-state index contributed by atoms with van der Waals surface area (Å²) in [4.78, 5) is 0. The summed E-state index contributed by atoms with van der Waals surface area (Å²) in [7, 11) is 1.68. The van der Waals surface area contributed by atoms with E-state index in [4.69, 9.17) is 9.47 Å². The van der Waals surface area contributed by atoms with E-state index in [1.165, 1.54) is 11.1 Å². The maximum Gasteiger partial charge on any atom is 0.122 e. The van der Waals surface area contributed by atoms with Gasteiger partial charge in [0.05, 0.1) is 6.61 Å². The number of ether oxygens (including phenoxy) is 2. The van der Waals surface area contributed by atoms with Crippen LogP contribution in [-0.4, -0.2) is 20.3 Å². The monoisotopic (exact) mass is 222 g/mol. The van der Waals surface area contributed by atoms with E-state index in [-0.39, 0.29) is 5.41 Å². The van der Waals surface area contributed by atoms with Crippen LogP contribution in [0.3, 0.4) is 0 Å². The van der Waals surface area contributed by atoms with E-state index < -0.39 is 0 Å². The van der Waals surface area contributed by atoms with Crippen LogP contribution in [0.15, 0.2) is 18.2 Å². The Hall–Kier alpha value is -1.02. The SMILES string of the molecule is COCCOc1ccc(C(C)(C)C)cc1C. The first-order valence-corrected chi connectivity index (χ1v) is 5.68. The lowest BCUT2D eigenvalue weighted by atomic mass is 9.86. The highest BCUT2D eigenvalue weighted by atomic mass is 16.5. The second-order valence-corrected chi connectivity index (χ2v) is 5.07. The molecule has 90 valence electrons. The normalized spacial score (nSPS) is 11.6. The second kappa shape index (κ2) is 5.35. The summed E-state index contributed by atoms with van der Waals surface area (Å²) >= 11 is 0. The number of hydrogen-bond donors (Lipinski definition) is 0. The van der Waals surface area contributed by atoms with Crippen molar-refractivity contribution in [2.45, 2.75) is 33.1 Å². The minimum absolute atomic E-state index is 0.190.